The zero-order chi connectivity index (χ0) is 20.0. The third kappa shape index (κ3) is 3.30. The number of alkyl halides is 3. The van der Waals surface area contributed by atoms with Crippen molar-refractivity contribution in [3.63, 3.8) is 0 Å². The van der Waals surface area contributed by atoms with Crippen molar-refractivity contribution in [3.8, 4) is 11.4 Å². The maximum Gasteiger partial charge on any atom is 0.534 e. The van der Waals surface area contributed by atoms with Crippen LogP contribution in [0.2, 0.25) is 0 Å². The van der Waals surface area contributed by atoms with Crippen LogP contribution in [-0.4, -0.2) is 24.3 Å². The maximum absolute atomic E-state index is 12.6. The number of carbonyl (C=O) groups excluding carboxylic acids is 1. The summed E-state index contributed by atoms with van der Waals surface area (Å²) in [6, 6.07) is 12.7. The van der Waals surface area contributed by atoms with Crippen molar-refractivity contribution >= 4 is 26.8 Å². The molecule has 3 rings (SSSR count). The molecule has 0 amide bonds. The molecule has 0 spiro atoms. The third-order valence-electron chi connectivity index (χ3n) is 4.03. The molecule has 0 aliphatic carbocycles. The van der Waals surface area contributed by atoms with E-state index in [0.29, 0.717) is 16.6 Å². The number of aromatic nitrogens is 1. The van der Waals surface area contributed by atoms with Gasteiger partial charge in [0.2, 0.25) is 0 Å². The van der Waals surface area contributed by atoms with Gasteiger partial charge >= 0.3 is 15.6 Å². The monoisotopic (exact) mass is 397 g/mol. The highest BCUT2D eigenvalue weighted by atomic mass is 32.2. The first-order valence-corrected chi connectivity index (χ1v) is 9.16. The average Bonchev–Trinajstić information content (AvgIpc) is 2.85. The maximum atomic E-state index is 12.6. The fraction of sp³-hybridized carbons (Fsp3) is 0.167. The number of carbonyl (C=O) groups is 1. The topological polar surface area (TPSA) is 65.4 Å². The molecule has 1 heterocycles. The average molecular weight is 397 g/mol. The summed E-state index contributed by atoms with van der Waals surface area (Å²) >= 11 is 0. The highest BCUT2D eigenvalue weighted by molar-refractivity contribution is 7.88. The largest absolute Gasteiger partial charge is 0.534 e. The van der Waals surface area contributed by atoms with Crippen LogP contribution in [0, 0.1) is 6.92 Å². The third-order valence-corrected chi connectivity index (χ3v) is 5.01. The van der Waals surface area contributed by atoms with Crippen molar-refractivity contribution in [2.45, 2.75) is 19.4 Å². The van der Waals surface area contributed by atoms with Crippen LogP contribution in [0.3, 0.4) is 0 Å². The van der Waals surface area contributed by atoms with Gasteiger partial charge in [0.15, 0.2) is 5.78 Å². The Morgan fingerprint density at radius 3 is 2.26 bits per heavy atom. The number of para-hydroxylation sites is 1. The number of Topliss-reactive ketones (excluding diaryl/α,β-unsaturated/α-hetero) is 1. The van der Waals surface area contributed by atoms with Gasteiger partial charge in [-0.1, -0.05) is 18.2 Å². The van der Waals surface area contributed by atoms with Crippen LogP contribution in [0.4, 0.5) is 13.2 Å². The number of nitrogens with zero attached hydrogens (tertiary/aromatic N) is 1. The summed E-state index contributed by atoms with van der Waals surface area (Å²) in [6.07, 6.45) is 0. The Hall–Kier alpha value is -2.81. The summed E-state index contributed by atoms with van der Waals surface area (Å²) in [5.41, 5.74) is -3.38. The Bertz CT molecular complexity index is 1130. The van der Waals surface area contributed by atoms with E-state index in [1.807, 2.05) is 18.2 Å². The summed E-state index contributed by atoms with van der Waals surface area (Å²) in [6.45, 7) is 3.04. The molecule has 142 valence electrons. The number of ketones is 1. The molecule has 2 aromatic carbocycles. The second-order valence-corrected chi connectivity index (χ2v) is 7.39. The number of rotatable bonds is 4. The van der Waals surface area contributed by atoms with E-state index in [1.165, 1.54) is 13.0 Å². The quantitative estimate of drug-likeness (QED) is 0.373. The molecule has 0 N–H and O–H groups in total. The van der Waals surface area contributed by atoms with Crippen LogP contribution in [-0.2, 0) is 10.1 Å². The summed E-state index contributed by atoms with van der Waals surface area (Å²) in [5, 5.41) is 0.304. The molecule has 0 aliphatic heterocycles. The summed E-state index contributed by atoms with van der Waals surface area (Å²) in [5.74, 6) is -0.824. The van der Waals surface area contributed by atoms with Crippen molar-refractivity contribution in [2.75, 3.05) is 0 Å². The van der Waals surface area contributed by atoms with E-state index >= 15 is 0 Å². The standard InChI is InChI=1S/C18H14F3NO4S/c1-11-17(12(2)23)15-10-14(26-27(24,25)18(19,20)21)8-9-16(15)22(11)13-6-4-3-5-7-13/h3-10H,1-2H3. The van der Waals surface area contributed by atoms with Gasteiger partial charge in [0.05, 0.1) is 5.52 Å². The molecular formula is C18H14F3NO4S. The number of hydrogen-bond donors (Lipinski definition) is 0. The first-order valence-electron chi connectivity index (χ1n) is 7.75. The molecule has 5 nitrogen and oxygen atoms in total. The van der Waals surface area contributed by atoms with E-state index in [-0.39, 0.29) is 11.3 Å². The molecule has 1 aromatic heterocycles. The number of benzene rings is 2. The van der Waals surface area contributed by atoms with Gasteiger partial charge in [0, 0.05) is 22.3 Å². The molecule has 9 heteroatoms. The zero-order valence-corrected chi connectivity index (χ0v) is 15.1. The SMILES string of the molecule is CC(=O)c1c(C)n(-c2ccccc2)c2ccc(OS(=O)(=O)C(F)(F)F)cc12. The Balaban J connectivity index is 2.23. The van der Waals surface area contributed by atoms with Gasteiger partial charge < -0.3 is 8.75 Å². The van der Waals surface area contributed by atoms with Crippen LogP contribution in [0.25, 0.3) is 16.6 Å². The second-order valence-electron chi connectivity index (χ2n) is 5.85. The highest BCUT2D eigenvalue weighted by Gasteiger charge is 2.48. The van der Waals surface area contributed by atoms with E-state index < -0.39 is 21.4 Å². The highest BCUT2D eigenvalue weighted by Crippen LogP contribution is 2.34. The van der Waals surface area contributed by atoms with Crippen molar-refractivity contribution in [1.82, 2.24) is 4.57 Å². The number of halogens is 3. The van der Waals surface area contributed by atoms with E-state index in [0.717, 1.165) is 17.8 Å². The molecule has 0 fully saturated rings. The van der Waals surface area contributed by atoms with Crippen LogP contribution >= 0.6 is 0 Å². The first kappa shape index (κ1) is 19.0. The molecule has 0 unspecified atom stereocenters. The van der Waals surface area contributed by atoms with Crippen molar-refractivity contribution in [1.29, 1.82) is 0 Å². The van der Waals surface area contributed by atoms with Crippen LogP contribution < -0.4 is 4.18 Å². The number of hydrogen-bond acceptors (Lipinski definition) is 4. The minimum Gasteiger partial charge on any atom is -0.376 e. The van der Waals surface area contributed by atoms with E-state index in [2.05, 4.69) is 4.18 Å². The lowest BCUT2D eigenvalue weighted by Gasteiger charge is -2.10. The van der Waals surface area contributed by atoms with Gasteiger partial charge in [-0.3, -0.25) is 4.79 Å². The van der Waals surface area contributed by atoms with Gasteiger partial charge in [0.1, 0.15) is 5.75 Å². The molecular weight excluding hydrogens is 383 g/mol. The molecule has 0 bridgehead atoms. The Morgan fingerprint density at radius 2 is 1.70 bits per heavy atom. The fourth-order valence-corrected chi connectivity index (χ4v) is 3.43. The van der Waals surface area contributed by atoms with Crippen molar-refractivity contribution in [2.24, 2.45) is 0 Å². The molecule has 0 saturated heterocycles. The summed E-state index contributed by atoms with van der Waals surface area (Å²) in [7, 11) is -5.80. The summed E-state index contributed by atoms with van der Waals surface area (Å²) < 4.78 is 66.1. The van der Waals surface area contributed by atoms with E-state index in [1.54, 1.807) is 23.6 Å². The molecule has 0 radical (unpaired) electrons. The van der Waals surface area contributed by atoms with Crippen molar-refractivity contribution < 1.29 is 30.6 Å². The molecule has 27 heavy (non-hydrogen) atoms. The number of fused-ring (bicyclic) bond motifs is 1. The molecule has 0 aliphatic rings. The normalized spacial score (nSPS) is 12.3. The molecule has 0 atom stereocenters. The van der Waals surface area contributed by atoms with E-state index in [4.69, 9.17) is 0 Å². The lowest BCUT2D eigenvalue weighted by Crippen LogP contribution is -2.28. The van der Waals surface area contributed by atoms with Crippen LogP contribution in [0.5, 0.6) is 5.75 Å². The predicted molar refractivity (Wildman–Crippen MR) is 93.6 cm³/mol. The van der Waals surface area contributed by atoms with Gasteiger partial charge in [-0.2, -0.15) is 21.6 Å². The molecule has 0 saturated carbocycles. The van der Waals surface area contributed by atoms with Crippen LogP contribution in [0.1, 0.15) is 23.0 Å². The van der Waals surface area contributed by atoms with Crippen LogP contribution in [0.15, 0.2) is 48.5 Å². The van der Waals surface area contributed by atoms with Gasteiger partial charge in [-0.05, 0) is 44.2 Å². The van der Waals surface area contributed by atoms with E-state index in [9.17, 15) is 26.4 Å². The Kier molecular flexibility index (Phi) is 4.51. The Morgan fingerprint density at radius 1 is 1.07 bits per heavy atom. The van der Waals surface area contributed by atoms with Gasteiger partial charge in [-0.15, -0.1) is 0 Å². The first-order chi connectivity index (χ1) is 12.5. The Labute approximate surface area is 153 Å². The van der Waals surface area contributed by atoms with Gasteiger partial charge in [0.25, 0.3) is 0 Å². The second kappa shape index (κ2) is 6.41. The zero-order valence-electron chi connectivity index (χ0n) is 14.2. The van der Waals surface area contributed by atoms with Crippen molar-refractivity contribution in [3.05, 3.63) is 59.8 Å². The minimum atomic E-state index is -5.80. The molecule has 3 aromatic rings. The summed E-state index contributed by atoms with van der Waals surface area (Å²) in [4.78, 5) is 12.1. The minimum absolute atomic E-state index is 0.281. The van der Waals surface area contributed by atoms with Gasteiger partial charge in [-0.25, -0.2) is 0 Å². The lowest BCUT2D eigenvalue weighted by molar-refractivity contribution is -0.0500. The lowest BCUT2D eigenvalue weighted by atomic mass is 10.1. The predicted octanol–water partition coefficient (Wildman–Crippen LogP) is 4.37. The fourth-order valence-electron chi connectivity index (χ4n) is 2.98. The smallest absolute Gasteiger partial charge is 0.376 e.